The normalized spacial score (nSPS) is 12.0. The second-order valence-electron chi connectivity index (χ2n) is 5.30. The molecule has 2 aromatic carbocycles. The molecule has 0 bridgehead atoms. The first-order chi connectivity index (χ1) is 12.0. The number of carbonyl (C=O) groups excluding carboxylic acids is 2. The predicted octanol–water partition coefficient (Wildman–Crippen LogP) is 3.91. The van der Waals surface area contributed by atoms with Crippen molar-refractivity contribution in [1.29, 1.82) is 0 Å². The summed E-state index contributed by atoms with van der Waals surface area (Å²) in [5.41, 5.74) is 1.43. The molecule has 0 aliphatic carbocycles. The van der Waals surface area contributed by atoms with Crippen molar-refractivity contribution in [3.8, 4) is 0 Å². The molecule has 0 heterocycles. The van der Waals surface area contributed by atoms with E-state index < -0.39 is 18.5 Å². The zero-order chi connectivity index (χ0) is 18.2. The molecule has 1 N–H and O–H groups in total. The molecular formula is C19H17ClFNO3. The predicted molar refractivity (Wildman–Crippen MR) is 94.4 cm³/mol. The lowest BCUT2D eigenvalue weighted by molar-refractivity contribution is -0.144. The molecule has 4 nitrogen and oxygen atoms in total. The van der Waals surface area contributed by atoms with E-state index in [-0.39, 0.29) is 11.9 Å². The van der Waals surface area contributed by atoms with Crippen LogP contribution in [0.1, 0.15) is 24.1 Å². The maximum atomic E-state index is 12.8. The Balaban J connectivity index is 1.80. The lowest BCUT2D eigenvalue weighted by atomic mass is 10.1. The van der Waals surface area contributed by atoms with Gasteiger partial charge in [0.1, 0.15) is 5.82 Å². The van der Waals surface area contributed by atoms with Gasteiger partial charge in [0.2, 0.25) is 0 Å². The molecule has 6 heteroatoms. The van der Waals surface area contributed by atoms with Gasteiger partial charge < -0.3 is 10.1 Å². The number of halogens is 2. The van der Waals surface area contributed by atoms with Crippen LogP contribution in [0, 0.1) is 5.82 Å². The minimum Gasteiger partial charge on any atom is -0.452 e. The molecule has 0 aromatic heterocycles. The Hall–Kier alpha value is -2.66. The van der Waals surface area contributed by atoms with Crippen LogP contribution in [0.4, 0.5) is 4.39 Å². The molecule has 0 spiro atoms. The van der Waals surface area contributed by atoms with Gasteiger partial charge in [-0.25, -0.2) is 9.18 Å². The fourth-order valence-electron chi connectivity index (χ4n) is 2.11. The second-order valence-corrected chi connectivity index (χ2v) is 5.71. The fraction of sp³-hybridized carbons (Fsp3) is 0.158. The summed E-state index contributed by atoms with van der Waals surface area (Å²) in [7, 11) is 0. The smallest absolute Gasteiger partial charge is 0.331 e. The number of nitrogens with one attached hydrogen (secondary N) is 1. The van der Waals surface area contributed by atoms with E-state index in [1.54, 1.807) is 19.1 Å². The van der Waals surface area contributed by atoms with Gasteiger partial charge in [-0.05, 0) is 42.3 Å². The minimum absolute atomic E-state index is 0.311. The zero-order valence-corrected chi connectivity index (χ0v) is 14.3. The Morgan fingerprint density at radius 1 is 1.20 bits per heavy atom. The number of hydrogen-bond donors (Lipinski definition) is 1. The highest BCUT2D eigenvalue weighted by Crippen LogP contribution is 2.21. The topological polar surface area (TPSA) is 55.4 Å². The van der Waals surface area contributed by atoms with Crippen LogP contribution < -0.4 is 5.32 Å². The summed E-state index contributed by atoms with van der Waals surface area (Å²) >= 11 is 6.07. The first-order valence-electron chi connectivity index (χ1n) is 7.60. The van der Waals surface area contributed by atoms with Gasteiger partial charge in [-0.2, -0.15) is 0 Å². The number of amides is 1. The molecule has 1 atom stereocenters. The van der Waals surface area contributed by atoms with Gasteiger partial charge in [0.05, 0.1) is 6.04 Å². The number of benzene rings is 2. The van der Waals surface area contributed by atoms with Crippen molar-refractivity contribution in [3.05, 3.63) is 76.6 Å². The standard InChI is InChI=1S/C19H17ClFNO3/c1-13(16-4-2-3-5-17(16)20)22-18(23)12-25-19(24)11-8-14-6-9-15(21)10-7-14/h2-11,13H,12H2,1H3,(H,22,23)/b11-8+/t13-/m0/s1. The molecule has 0 unspecified atom stereocenters. The quantitative estimate of drug-likeness (QED) is 0.627. The number of esters is 1. The monoisotopic (exact) mass is 361 g/mol. The van der Waals surface area contributed by atoms with Crippen LogP contribution in [0.5, 0.6) is 0 Å². The third-order valence-electron chi connectivity index (χ3n) is 3.38. The Morgan fingerprint density at radius 3 is 2.56 bits per heavy atom. The van der Waals surface area contributed by atoms with E-state index in [0.717, 1.165) is 5.56 Å². The van der Waals surface area contributed by atoms with Crippen molar-refractivity contribution in [3.63, 3.8) is 0 Å². The number of ether oxygens (including phenoxy) is 1. The first-order valence-corrected chi connectivity index (χ1v) is 7.97. The maximum absolute atomic E-state index is 12.8. The van der Waals surface area contributed by atoms with E-state index in [9.17, 15) is 14.0 Å². The van der Waals surface area contributed by atoms with Crippen molar-refractivity contribution in [2.75, 3.05) is 6.61 Å². The average molecular weight is 362 g/mol. The van der Waals surface area contributed by atoms with Crippen LogP contribution >= 0.6 is 11.6 Å². The van der Waals surface area contributed by atoms with Gasteiger partial charge in [-0.3, -0.25) is 4.79 Å². The van der Waals surface area contributed by atoms with Crippen LogP contribution in [0.25, 0.3) is 6.08 Å². The summed E-state index contributed by atoms with van der Waals surface area (Å²) in [6.07, 6.45) is 2.66. The van der Waals surface area contributed by atoms with Gasteiger partial charge in [-0.15, -0.1) is 0 Å². The van der Waals surface area contributed by atoms with Gasteiger partial charge in [0.25, 0.3) is 5.91 Å². The molecule has 0 saturated carbocycles. The maximum Gasteiger partial charge on any atom is 0.331 e. The SMILES string of the molecule is C[C@H](NC(=O)COC(=O)/C=C/c1ccc(F)cc1)c1ccccc1Cl. The van der Waals surface area contributed by atoms with E-state index in [1.807, 2.05) is 12.1 Å². The van der Waals surface area contributed by atoms with Crippen molar-refractivity contribution < 1.29 is 18.7 Å². The van der Waals surface area contributed by atoms with E-state index in [4.69, 9.17) is 16.3 Å². The summed E-state index contributed by atoms with van der Waals surface area (Å²) in [6, 6.07) is 12.5. The van der Waals surface area contributed by atoms with Crippen LogP contribution in [0.3, 0.4) is 0 Å². The molecule has 0 radical (unpaired) electrons. The molecule has 0 saturated heterocycles. The molecule has 0 aliphatic heterocycles. The van der Waals surface area contributed by atoms with Crippen molar-refractivity contribution in [2.45, 2.75) is 13.0 Å². The molecule has 0 fully saturated rings. The third-order valence-corrected chi connectivity index (χ3v) is 3.72. The molecule has 25 heavy (non-hydrogen) atoms. The molecular weight excluding hydrogens is 345 g/mol. The number of hydrogen-bond acceptors (Lipinski definition) is 3. The van der Waals surface area contributed by atoms with Gasteiger partial charge in [0.15, 0.2) is 6.61 Å². The summed E-state index contributed by atoms with van der Waals surface area (Å²) in [5, 5.41) is 3.26. The van der Waals surface area contributed by atoms with Crippen LogP contribution in [0.15, 0.2) is 54.6 Å². The molecule has 2 rings (SSSR count). The van der Waals surface area contributed by atoms with E-state index >= 15 is 0 Å². The Bertz CT molecular complexity index is 774. The highest BCUT2D eigenvalue weighted by atomic mass is 35.5. The largest absolute Gasteiger partial charge is 0.452 e. The third kappa shape index (κ3) is 6.04. The molecule has 1 amide bonds. The van der Waals surface area contributed by atoms with Crippen molar-refractivity contribution >= 4 is 29.6 Å². The van der Waals surface area contributed by atoms with Gasteiger partial charge in [-0.1, -0.05) is 41.9 Å². The Kier molecular flexibility index (Phi) is 6.71. The van der Waals surface area contributed by atoms with Crippen LogP contribution in [-0.4, -0.2) is 18.5 Å². The van der Waals surface area contributed by atoms with E-state index in [0.29, 0.717) is 10.6 Å². The molecule has 130 valence electrons. The van der Waals surface area contributed by atoms with E-state index in [1.165, 1.54) is 36.4 Å². The molecule has 0 aliphatic rings. The average Bonchev–Trinajstić information content (AvgIpc) is 2.59. The number of rotatable bonds is 6. The number of carbonyl (C=O) groups is 2. The van der Waals surface area contributed by atoms with Crippen LogP contribution in [0.2, 0.25) is 5.02 Å². The highest BCUT2D eigenvalue weighted by Gasteiger charge is 2.13. The van der Waals surface area contributed by atoms with E-state index in [2.05, 4.69) is 5.32 Å². The zero-order valence-electron chi connectivity index (χ0n) is 13.5. The summed E-state index contributed by atoms with van der Waals surface area (Å²) in [4.78, 5) is 23.5. The lowest BCUT2D eigenvalue weighted by Crippen LogP contribution is -2.31. The summed E-state index contributed by atoms with van der Waals surface area (Å²) in [5.74, 6) is -1.45. The summed E-state index contributed by atoms with van der Waals surface area (Å²) < 4.78 is 17.6. The highest BCUT2D eigenvalue weighted by molar-refractivity contribution is 6.31. The minimum atomic E-state index is -0.662. The lowest BCUT2D eigenvalue weighted by Gasteiger charge is -2.15. The first kappa shape index (κ1) is 18.7. The molecule has 2 aromatic rings. The van der Waals surface area contributed by atoms with Crippen molar-refractivity contribution in [2.24, 2.45) is 0 Å². The van der Waals surface area contributed by atoms with Gasteiger partial charge >= 0.3 is 5.97 Å². The van der Waals surface area contributed by atoms with Crippen LogP contribution in [-0.2, 0) is 14.3 Å². The Labute approximate surface area is 150 Å². The Morgan fingerprint density at radius 2 is 1.88 bits per heavy atom. The summed E-state index contributed by atoms with van der Waals surface area (Å²) in [6.45, 7) is 1.39. The second kappa shape index (κ2) is 8.99. The van der Waals surface area contributed by atoms with Crippen molar-refractivity contribution in [1.82, 2.24) is 5.32 Å². The van der Waals surface area contributed by atoms with Gasteiger partial charge in [0, 0.05) is 11.1 Å². The fourth-order valence-corrected chi connectivity index (χ4v) is 2.41.